The van der Waals surface area contributed by atoms with Crippen molar-refractivity contribution in [2.75, 3.05) is 6.54 Å². The highest BCUT2D eigenvalue weighted by atomic mass is 16.4. The molecule has 0 heterocycles. The first-order valence-electron chi connectivity index (χ1n) is 8.08. The van der Waals surface area contributed by atoms with Crippen molar-refractivity contribution in [3.8, 4) is 0 Å². The van der Waals surface area contributed by atoms with E-state index in [2.05, 4.69) is 6.92 Å². The lowest BCUT2D eigenvalue weighted by molar-refractivity contribution is -0.137. The van der Waals surface area contributed by atoms with Gasteiger partial charge >= 0.3 is 5.97 Å². The van der Waals surface area contributed by atoms with Crippen LogP contribution in [0.25, 0.3) is 0 Å². The number of benzene rings is 1. The summed E-state index contributed by atoms with van der Waals surface area (Å²) in [6, 6.07) is 7.67. The van der Waals surface area contributed by atoms with E-state index in [-0.39, 0.29) is 24.9 Å². The van der Waals surface area contributed by atoms with E-state index < -0.39 is 5.97 Å². The van der Waals surface area contributed by atoms with Crippen LogP contribution < -0.4 is 0 Å². The molecular formula is C18H25NO3. The molecule has 1 fully saturated rings. The third kappa shape index (κ3) is 4.09. The number of carboxylic acids is 1. The van der Waals surface area contributed by atoms with Gasteiger partial charge in [-0.2, -0.15) is 0 Å². The van der Waals surface area contributed by atoms with E-state index in [0.29, 0.717) is 11.5 Å². The minimum Gasteiger partial charge on any atom is -0.481 e. The molecule has 2 unspecified atom stereocenters. The van der Waals surface area contributed by atoms with Crippen LogP contribution in [0.4, 0.5) is 0 Å². The average Bonchev–Trinajstić information content (AvgIpc) is 2.49. The summed E-state index contributed by atoms with van der Waals surface area (Å²) in [5.74, 6) is -0.470. The summed E-state index contributed by atoms with van der Waals surface area (Å²) in [5.41, 5.74) is 1.76. The van der Waals surface area contributed by atoms with Crippen molar-refractivity contribution in [1.82, 2.24) is 4.90 Å². The van der Waals surface area contributed by atoms with Crippen LogP contribution in [-0.4, -0.2) is 34.5 Å². The van der Waals surface area contributed by atoms with Gasteiger partial charge in [0, 0.05) is 18.2 Å². The van der Waals surface area contributed by atoms with Gasteiger partial charge in [-0.05, 0) is 37.8 Å². The average molecular weight is 303 g/mol. The van der Waals surface area contributed by atoms with Crippen molar-refractivity contribution < 1.29 is 14.7 Å². The van der Waals surface area contributed by atoms with E-state index in [4.69, 9.17) is 5.11 Å². The molecule has 1 aromatic rings. The predicted octanol–water partition coefficient (Wildman–Crippen LogP) is 3.49. The number of carboxylic acid groups (broad SMARTS) is 1. The summed E-state index contributed by atoms with van der Waals surface area (Å²) in [5, 5.41) is 8.98. The van der Waals surface area contributed by atoms with Crippen LogP contribution in [0.2, 0.25) is 0 Å². The third-order valence-electron chi connectivity index (χ3n) is 4.59. The number of aryl methyl sites for hydroxylation is 1. The van der Waals surface area contributed by atoms with Gasteiger partial charge in [0.15, 0.2) is 0 Å². The molecule has 0 spiro atoms. The van der Waals surface area contributed by atoms with Crippen LogP contribution >= 0.6 is 0 Å². The molecule has 0 aromatic heterocycles. The van der Waals surface area contributed by atoms with Crippen molar-refractivity contribution >= 4 is 11.9 Å². The number of hydrogen-bond acceptors (Lipinski definition) is 2. The minimum absolute atomic E-state index is 0.000815. The first-order valence-corrected chi connectivity index (χ1v) is 8.08. The van der Waals surface area contributed by atoms with E-state index in [1.54, 1.807) is 4.90 Å². The fourth-order valence-corrected chi connectivity index (χ4v) is 3.26. The van der Waals surface area contributed by atoms with Crippen LogP contribution in [0.15, 0.2) is 24.3 Å². The van der Waals surface area contributed by atoms with Gasteiger partial charge in [0.05, 0.1) is 6.42 Å². The summed E-state index contributed by atoms with van der Waals surface area (Å²) in [4.78, 5) is 25.6. The lowest BCUT2D eigenvalue weighted by atomic mass is 9.84. The Hall–Kier alpha value is -1.84. The zero-order valence-corrected chi connectivity index (χ0v) is 13.4. The molecule has 1 aromatic carbocycles. The minimum atomic E-state index is -0.856. The largest absolute Gasteiger partial charge is 0.481 e. The zero-order valence-electron chi connectivity index (χ0n) is 13.4. The normalized spacial score (nSPS) is 21.4. The molecular weight excluding hydrogens is 278 g/mol. The van der Waals surface area contributed by atoms with Crippen molar-refractivity contribution in [2.24, 2.45) is 5.92 Å². The van der Waals surface area contributed by atoms with Gasteiger partial charge in [0.1, 0.15) is 0 Å². The van der Waals surface area contributed by atoms with Crippen LogP contribution in [0.3, 0.4) is 0 Å². The molecule has 4 heteroatoms. The summed E-state index contributed by atoms with van der Waals surface area (Å²) < 4.78 is 0. The molecule has 1 saturated carbocycles. The van der Waals surface area contributed by atoms with Gasteiger partial charge < -0.3 is 10.0 Å². The summed E-state index contributed by atoms with van der Waals surface area (Å²) in [6.45, 7) is 4.44. The summed E-state index contributed by atoms with van der Waals surface area (Å²) in [6.07, 6.45) is 4.39. The quantitative estimate of drug-likeness (QED) is 0.906. The van der Waals surface area contributed by atoms with Gasteiger partial charge in [-0.25, -0.2) is 0 Å². The molecule has 1 aliphatic carbocycles. The Morgan fingerprint density at radius 2 is 1.82 bits per heavy atom. The number of aliphatic carboxylic acids is 1. The van der Waals surface area contributed by atoms with Crippen LogP contribution in [0.1, 0.15) is 54.9 Å². The van der Waals surface area contributed by atoms with Crippen LogP contribution in [0, 0.1) is 12.8 Å². The molecule has 0 radical (unpaired) electrons. The molecule has 4 nitrogen and oxygen atoms in total. The summed E-state index contributed by atoms with van der Waals surface area (Å²) in [7, 11) is 0. The molecule has 1 amide bonds. The van der Waals surface area contributed by atoms with E-state index in [9.17, 15) is 9.59 Å². The maximum absolute atomic E-state index is 12.8. The van der Waals surface area contributed by atoms with Crippen LogP contribution in [0.5, 0.6) is 0 Å². The maximum atomic E-state index is 12.8. The molecule has 2 rings (SSSR count). The fraction of sp³-hybridized carbons (Fsp3) is 0.556. The second kappa shape index (κ2) is 7.43. The lowest BCUT2D eigenvalue weighted by Crippen LogP contribution is -2.46. The Kier molecular flexibility index (Phi) is 5.58. The van der Waals surface area contributed by atoms with Crippen molar-refractivity contribution in [3.05, 3.63) is 35.4 Å². The molecule has 0 saturated heterocycles. The highest BCUT2D eigenvalue weighted by Gasteiger charge is 2.31. The molecule has 1 N–H and O–H groups in total. The van der Waals surface area contributed by atoms with Gasteiger partial charge in [-0.1, -0.05) is 37.5 Å². The number of hydrogen-bond donors (Lipinski definition) is 1. The first-order chi connectivity index (χ1) is 10.5. The van der Waals surface area contributed by atoms with Gasteiger partial charge in [-0.15, -0.1) is 0 Å². The molecule has 0 aliphatic heterocycles. The number of amides is 1. The third-order valence-corrected chi connectivity index (χ3v) is 4.59. The van der Waals surface area contributed by atoms with E-state index >= 15 is 0 Å². The second-order valence-corrected chi connectivity index (χ2v) is 6.34. The van der Waals surface area contributed by atoms with Crippen molar-refractivity contribution in [3.63, 3.8) is 0 Å². The fourth-order valence-electron chi connectivity index (χ4n) is 3.26. The first kappa shape index (κ1) is 16.5. The van der Waals surface area contributed by atoms with Crippen molar-refractivity contribution in [2.45, 2.75) is 52.0 Å². The maximum Gasteiger partial charge on any atom is 0.305 e. The zero-order chi connectivity index (χ0) is 16.1. The van der Waals surface area contributed by atoms with E-state index in [1.165, 1.54) is 6.42 Å². The lowest BCUT2D eigenvalue weighted by Gasteiger charge is -2.38. The van der Waals surface area contributed by atoms with Crippen molar-refractivity contribution in [1.29, 1.82) is 0 Å². The number of rotatable bonds is 5. The topological polar surface area (TPSA) is 57.6 Å². The number of carbonyl (C=O) groups excluding carboxylic acids is 1. The van der Waals surface area contributed by atoms with Gasteiger partial charge in [-0.3, -0.25) is 9.59 Å². The van der Waals surface area contributed by atoms with E-state index in [0.717, 1.165) is 24.8 Å². The molecule has 0 bridgehead atoms. The van der Waals surface area contributed by atoms with Gasteiger partial charge in [0.2, 0.25) is 0 Å². The second-order valence-electron chi connectivity index (χ2n) is 6.34. The van der Waals surface area contributed by atoms with Gasteiger partial charge in [0.25, 0.3) is 5.91 Å². The SMILES string of the molecule is Cc1ccc(C(=O)N(CCC(=O)O)C2CCCCC2C)cc1. The number of carbonyl (C=O) groups is 2. The Labute approximate surface area is 132 Å². The highest BCUT2D eigenvalue weighted by molar-refractivity contribution is 5.94. The monoisotopic (exact) mass is 303 g/mol. The predicted molar refractivity (Wildman–Crippen MR) is 85.9 cm³/mol. The molecule has 22 heavy (non-hydrogen) atoms. The Morgan fingerprint density at radius 3 is 2.41 bits per heavy atom. The Balaban J connectivity index is 2.20. The molecule has 1 aliphatic rings. The Morgan fingerprint density at radius 1 is 1.18 bits per heavy atom. The highest BCUT2D eigenvalue weighted by Crippen LogP contribution is 2.29. The Bertz CT molecular complexity index is 524. The molecule has 2 atom stereocenters. The van der Waals surface area contributed by atoms with E-state index in [1.807, 2.05) is 31.2 Å². The van der Waals surface area contributed by atoms with Crippen LogP contribution in [-0.2, 0) is 4.79 Å². The molecule has 120 valence electrons. The smallest absolute Gasteiger partial charge is 0.305 e. The standard InChI is InChI=1S/C18H25NO3/c1-13-7-9-15(10-8-13)18(22)19(12-11-17(20)21)16-6-4-3-5-14(16)2/h7-10,14,16H,3-6,11-12H2,1-2H3,(H,20,21). The number of nitrogens with zero attached hydrogens (tertiary/aromatic N) is 1. The summed E-state index contributed by atoms with van der Waals surface area (Å²) >= 11 is 0.